The fourth-order valence-electron chi connectivity index (χ4n) is 1.16. The van der Waals surface area contributed by atoms with E-state index in [1.807, 2.05) is 6.92 Å². The van der Waals surface area contributed by atoms with Gasteiger partial charge in [0.05, 0.1) is 16.1 Å². The van der Waals surface area contributed by atoms with Crippen LogP contribution in [0.25, 0.3) is 10.7 Å². The maximum atomic E-state index is 5.78. The number of nitrogens with two attached hydrogens (primary N) is 1. The van der Waals surface area contributed by atoms with Crippen LogP contribution in [0, 0.1) is 0 Å². The van der Waals surface area contributed by atoms with Crippen LogP contribution in [-0.2, 0) is 0 Å². The van der Waals surface area contributed by atoms with E-state index < -0.39 is 0 Å². The van der Waals surface area contributed by atoms with Gasteiger partial charge in [-0.25, -0.2) is 15.0 Å². The van der Waals surface area contributed by atoms with E-state index in [1.54, 1.807) is 24.0 Å². The molecule has 0 bridgehead atoms. The van der Waals surface area contributed by atoms with Crippen molar-refractivity contribution in [2.75, 3.05) is 0 Å². The van der Waals surface area contributed by atoms with Crippen LogP contribution in [-0.4, -0.2) is 15.0 Å². The van der Waals surface area contributed by atoms with Crippen molar-refractivity contribution in [3.63, 3.8) is 0 Å². The minimum absolute atomic E-state index is 0.0833. The Kier molecular flexibility index (Phi) is 2.51. The maximum Gasteiger partial charge on any atom is 0.171 e. The zero-order chi connectivity index (χ0) is 9.97. The maximum absolute atomic E-state index is 5.78. The van der Waals surface area contributed by atoms with Crippen molar-refractivity contribution < 1.29 is 0 Å². The second-order valence-electron chi connectivity index (χ2n) is 2.93. The summed E-state index contributed by atoms with van der Waals surface area (Å²) in [6.45, 7) is 1.90. The van der Waals surface area contributed by atoms with Crippen molar-refractivity contribution in [1.29, 1.82) is 0 Å². The van der Waals surface area contributed by atoms with Gasteiger partial charge in [-0.05, 0) is 13.0 Å². The van der Waals surface area contributed by atoms with Crippen LogP contribution < -0.4 is 5.73 Å². The monoisotopic (exact) mass is 206 g/mol. The van der Waals surface area contributed by atoms with Crippen molar-refractivity contribution in [1.82, 2.24) is 15.0 Å². The van der Waals surface area contributed by atoms with E-state index in [4.69, 9.17) is 5.73 Å². The second-order valence-corrected chi connectivity index (χ2v) is 3.78. The molecule has 14 heavy (non-hydrogen) atoms. The molecule has 0 spiro atoms. The zero-order valence-electron chi connectivity index (χ0n) is 7.71. The van der Waals surface area contributed by atoms with E-state index in [0.29, 0.717) is 5.82 Å². The summed E-state index contributed by atoms with van der Waals surface area (Å²) in [5.74, 6) is 0.697. The molecule has 0 aliphatic heterocycles. The Hall–Kier alpha value is -1.33. The summed E-state index contributed by atoms with van der Waals surface area (Å²) in [5.41, 5.74) is 8.42. The Balaban J connectivity index is 2.47. The molecule has 2 N–H and O–H groups in total. The highest BCUT2D eigenvalue weighted by atomic mass is 32.1. The van der Waals surface area contributed by atoms with Crippen LogP contribution in [0.4, 0.5) is 0 Å². The van der Waals surface area contributed by atoms with Gasteiger partial charge in [-0.3, -0.25) is 0 Å². The lowest BCUT2D eigenvalue weighted by molar-refractivity contribution is 0.790. The van der Waals surface area contributed by atoms with Crippen LogP contribution in [0.5, 0.6) is 0 Å². The molecule has 5 heteroatoms. The molecule has 2 aromatic heterocycles. The van der Waals surface area contributed by atoms with Crippen LogP contribution in [0.1, 0.15) is 18.7 Å². The summed E-state index contributed by atoms with van der Waals surface area (Å²) in [4.78, 5) is 13.5. The molecule has 2 rings (SSSR count). The van der Waals surface area contributed by atoms with E-state index in [1.165, 1.54) is 11.3 Å². The number of nitrogens with zero attached hydrogens (tertiary/aromatic N) is 3. The Morgan fingerprint density at radius 1 is 1.29 bits per heavy atom. The standard InChI is InChI=1S/C9H10N4S/c1-6(10)7-8(14-5-13-7)9-11-3-2-4-12-9/h2-6H,10H2,1H3. The quantitative estimate of drug-likeness (QED) is 0.811. The van der Waals surface area contributed by atoms with Crippen LogP contribution in [0.3, 0.4) is 0 Å². The summed E-state index contributed by atoms with van der Waals surface area (Å²) in [7, 11) is 0. The summed E-state index contributed by atoms with van der Waals surface area (Å²) in [5, 5.41) is 0. The van der Waals surface area contributed by atoms with Gasteiger partial charge in [0, 0.05) is 18.4 Å². The van der Waals surface area contributed by atoms with Gasteiger partial charge in [0.15, 0.2) is 5.82 Å². The third-order valence-corrected chi connectivity index (χ3v) is 2.63. The number of hydrogen-bond acceptors (Lipinski definition) is 5. The smallest absolute Gasteiger partial charge is 0.171 e. The molecule has 72 valence electrons. The highest BCUT2D eigenvalue weighted by molar-refractivity contribution is 7.13. The van der Waals surface area contributed by atoms with Crippen molar-refractivity contribution in [3.8, 4) is 10.7 Å². The highest BCUT2D eigenvalue weighted by Gasteiger charge is 2.13. The van der Waals surface area contributed by atoms with Gasteiger partial charge in [-0.15, -0.1) is 11.3 Å². The van der Waals surface area contributed by atoms with E-state index in [9.17, 15) is 0 Å². The fraction of sp³-hybridized carbons (Fsp3) is 0.222. The first-order chi connectivity index (χ1) is 6.79. The molecule has 0 fully saturated rings. The minimum atomic E-state index is -0.0833. The molecule has 2 heterocycles. The first kappa shape index (κ1) is 9.23. The minimum Gasteiger partial charge on any atom is -0.323 e. The summed E-state index contributed by atoms with van der Waals surface area (Å²) < 4.78 is 0. The van der Waals surface area contributed by atoms with E-state index >= 15 is 0 Å². The van der Waals surface area contributed by atoms with Gasteiger partial charge in [0.1, 0.15) is 0 Å². The number of aromatic nitrogens is 3. The van der Waals surface area contributed by atoms with Gasteiger partial charge in [-0.2, -0.15) is 0 Å². The topological polar surface area (TPSA) is 64.7 Å². The molecule has 0 aliphatic rings. The van der Waals surface area contributed by atoms with Gasteiger partial charge < -0.3 is 5.73 Å². The summed E-state index contributed by atoms with van der Waals surface area (Å²) in [6.07, 6.45) is 3.43. The predicted molar refractivity (Wildman–Crippen MR) is 55.7 cm³/mol. The Morgan fingerprint density at radius 2 is 2.00 bits per heavy atom. The van der Waals surface area contributed by atoms with Crippen molar-refractivity contribution >= 4 is 11.3 Å². The zero-order valence-corrected chi connectivity index (χ0v) is 8.53. The molecular formula is C9H10N4S. The average molecular weight is 206 g/mol. The predicted octanol–water partition coefficient (Wildman–Crippen LogP) is 1.62. The fourth-order valence-corrected chi connectivity index (χ4v) is 2.00. The first-order valence-electron chi connectivity index (χ1n) is 4.25. The Labute approximate surface area is 85.9 Å². The van der Waals surface area contributed by atoms with E-state index in [-0.39, 0.29) is 6.04 Å². The van der Waals surface area contributed by atoms with Gasteiger partial charge in [0.25, 0.3) is 0 Å². The summed E-state index contributed by atoms with van der Waals surface area (Å²) in [6, 6.07) is 1.70. The van der Waals surface area contributed by atoms with Crippen molar-refractivity contribution in [2.24, 2.45) is 5.73 Å². The molecule has 2 aromatic rings. The average Bonchev–Trinajstić information content (AvgIpc) is 2.67. The molecule has 0 saturated carbocycles. The first-order valence-corrected chi connectivity index (χ1v) is 5.13. The molecule has 0 amide bonds. The van der Waals surface area contributed by atoms with Crippen LogP contribution >= 0.6 is 11.3 Å². The molecule has 1 atom stereocenters. The Bertz CT molecular complexity index is 410. The lowest BCUT2D eigenvalue weighted by atomic mass is 10.2. The highest BCUT2D eigenvalue weighted by Crippen LogP contribution is 2.27. The molecule has 0 saturated heterocycles. The molecule has 0 aromatic carbocycles. The molecule has 1 unspecified atom stereocenters. The van der Waals surface area contributed by atoms with Gasteiger partial charge in [-0.1, -0.05) is 0 Å². The SMILES string of the molecule is CC(N)c1ncsc1-c1ncccn1. The number of hydrogen-bond donors (Lipinski definition) is 1. The van der Waals surface area contributed by atoms with Crippen LogP contribution in [0.2, 0.25) is 0 Å². The molecule has 4 nitrogen and oxygen atoms in total. The van der Waals surface area contributed by atoms with Gasteiger partial charge in [0.2, 0.25) is 0 Å². The molecule has 0 radical (unpaired) electrons. The molecular weight excluding hydrogens is 196 g/mol. The second kappa shape index (κ2) is 3.81. The summed E-state index contributed by atoms with van der Waals surface area (Å²) >= 11 is 1.51. The van der Waals surface area contributed by atoms with E-state index in [0.717, 1.165) is 10.6 Å². The third kappa shape index (κ3) is 1.64. The lowest BCUT2D eigenvalue weighted by Crippen LogP contribution is -2.06. The number of rotatable bonds is 2. The molecule has 0 aliphatic carbocycles. The van der Waals surface area contributed by atoms with Crippen molar-refractivity contribution in [3.05, 3.63) is 29.7 Å². The van der Waals surface area contributed by atoms with Gasteiger partial charge >= 0.3 is 0 Å². The van der Waals surface area contributed by atoms with Crippen LogP contribution in [0.15, 0.2) is 24.0 Å². The van der Waals surface area contributed by atoms with Crippen molar-refractivity contribution in [2.45, 2.75) is 13.0 Å². The Morgan fingerprint density at radius 3 is 2.64 bits per heavy atom. The number of thiazole rings is 1. The third-order valence-electron chi connectivity index (χ3n) is 1.80. The normalized spacial score (nSPS) is 12.7. The lowest BCUT2D eigenvalue weighted by Gasteiger charge is -2.03. The van der Waals surface area contributed by atoms with E-state index in [2.05, 4.69) is 15.0 Å². The largest absolute Gasteiger partial charge is 0.323 e.